The van der Waals surface area contributed by atoms with Crippen molar-refractivity contribution in [2.24, 2.45) is 5.92 Å². The average Bonchev–Trinajstić information content (AvgIpc) is 2.21. The molecular formula is C12H24N2. The fourth-order valence-corrected chi connectivity index (χ4v) is 2.22. The minimum atomic E-state index is 0.479. The van der Waals surface area contributed by atoms with Gasteiger partial charge in [0.1, 0.15) is 0 Å². The van der Waals surface area contributed by atoms with Crippen LogP contribution in [0.1, 0.15) is 39.5 Å². The maximum atomic E-state index is 4.17. The zero-order chi connectivity index (χ0) is 10.6. The number of piperidine rings is 1. The summed E-state index contributed by atoms with van der Waals surface area (Å²) in [6.45, 7) is 9.90. The van der Waals surface area contributed by atoms with Gasteiger partial charge in [-0.25, -0.2) is 0 Å². The van der Waals surface area contributed by atoms with Gasteiger partial charge in [0.2, 0.25) is 0 Å². The van der Waals surface area contributed by atoms with Crippen LogP contribution < -0.4 is 5.32 Å². The molecule has 14 heavy (non-hydrogen) atoms. The molecule has 0 radical (unpaired) electrons. The van der Waals surface area contributed by atoms with Crippen molar-refractivity contribution in [3.8, 4) is 0 Å². The molecule has 1 saturated heterocycles. The molecule has 2 unspecified atom stereocenters. The van der Waals surface area contributed by atoms with E-state index < -0.39 is 0 Å². The van der Waals surface area contributed by atoms with Crippen LogP contribution in [0.15, 0.2) is 12.3 Å². The van der Waals surface area contributed by atoms with E-state index in [9.17, 15) is 0 Å². The topological polar surface area (TPSA) is 15.3 Å². The van der Waals surface area contributed by atoms with E-state index in [0.29, 0.717) is 12.1 Å². The van der Waals surface area contributed by atoms with Crippen LogP contribution >= 0.6 is 0 Å². The molecule has 1 N–H and O–H groups in total. The molecule has 0 saturated carbocycles. The van der Waals surface area contributed by atoms with Gasteiger partial charge < -0.3 is 10.2 Å². The predicted molar refractivity (Wildman–Crippen MR) is 62.0 cm³/mol. The van der Waals surface area contributed by atoms with Crippen LogP contribution in [-0.2, 0) is 0 Å². The standard InChI is InChI=1S/C12H24N2/c1-5-10(2)12(13-4)14-9-7-6-8-11(14)3/h10,12-13H,3,5-9H2,1-2,4H3. The molecule has 0 bridgehead atoms. The zero-order valence-electron chi connectivity index (χ0n) is 9.84. The van der Waals surface area contributed by atoms with Gasteiger partial charge in [-0.05, 0) is 32.2 Å². The Morgan fingerprint density at radius 1 is 1.50 bits per heavy atom. The lowest BCUT2D eigenvalue weighted by molar-refractivity contribution is 0.140. The van der Waals surface area contributed by atoms with Crippen LogP contribution in [0, 0.1) is 5.92 Å². The molecule has 2 nitrogen and oxygen atoms in total. The fraction of sp³-hybridized carbons (Fsp3) is 0.833. The summed E-state index contributed by atoms with van der Waals surface area (Å²) >= 11 is 0. The summed E-state index contributed by atoms with van der Waals surface area (Å²) in [5.41, 5.74) is 1.32. The number of nitrogens with one attached hydrogen (secondary N) is 1. The lowest BCUT2D eigenvalue weighted by atomic mass is 10.00. The Hall–Kier alpha value is -0.500. The molecule has 82 valence electrons. The van der Waals surface area contributed by atoms with Gasteiger partial charge in [0.25, 0.3) is 0 Å². The summed E-state index contributed by atoms with van der Waals surface area (Å²) in [7, 11) is 2.05. The number of nitrogens with zero attached hydrogens (tertiary/aromatic N) is 1. The lowest BCUT2D eigenvalue weighted by Crippen LogP contribution is -2.48. The molecular weight excluding hydrogens is 172 g/mol. The maximum Gasteiger partial charge on any atom is 0.0815 e. The highest BCUT2D eigenvalue weighted by molar-refractivity contribution is 4.99. The van der Waals surface area contributed by atoms with Crippen LogP contribution in [0.2, 0.25) is 0 Å². The highest BCUT2D eigenvalue weighted by Gasteiger charge is 2.24. The van der Waals surface area contributed by atoms with E-state index >= 15 is 0 Å². The van der Waals surface area contributed by atoms with Crippen molar-refractivity contribution >= 4 is 0 Å². The molecule has 1 heterocycles. The second kappa shape index (κ2) is 5.40. The van der Waals surface area contributed by atoms with Gasteiger partial charge in [-0.15, -0.1) is 0 Å². The number of hydrogen-bond acceptors (Lipinski definition) is 2. The number of rotatable bonds is 4. The van der Waals surface area contributed by atoms with Crippen LogP contribution in [0.5, 0.6) is 0 Å². The quantitative estimate of drug-likeness (QED) is 0.743. The molecule has 1 aliphatic rings. The third kappa shape index (κ3) is 2.50. The molecule has 2 atom stereocenters. The molecule has 0 aromatic rings. The molecule has 1 rings (SSSR count). The van der Waals surface area contributed by atoms with Crippen molar-refractivity contribution in [2.45, 2.75) is 45.7 Å². The molecule has 0 spiro atoms. The fourth-order valence-electron chi connectivity index (χ4n) is 2.22. The van der Waals surface area contributed by atoms with E-state index in [2.05, 4.69) is 37.7 Å². The van der Waals surface area contributed by atoms with Gasteiger partial charge in [-0.3, -0.25) is 0 Å². The van der Waals surface area contributed by atoms with Crippen molar-refractivity contribution in [1.29, 1.82) is 0 Å². The van der Waals surface area contributed by atoms with E-state index in [1.165, 1.54) is 37.9 Å². The van der Waals surface area contributed by atoms with Crippen LogP contribution in [-0.4, -0.2) is 24.7 Å². The third-order valence-electron chi connectivity index (χ3n) is 3.34. The maximum absolute atomic E-state index is 4.17. The SMILES string of the molecule is C=C1CCCCN1C(NC)C(C)CC. The smallest absolute Gasteiger partial charge is 0.0815 e. The van der Waals surface area contributed by atoms with Crippen LogP contribution in [0.4, 0.5) is 0 Å². The largest absolute Gasteiger partial charge is 0.360 e. The minimum absolute atomic E-state index is 0.479. The first kappa shape index (κ1) is 11.6. The van der Waals surface area contributed by atoms with Gasteiger partial charge in [0.05, 0.1) is 6.17 Å². The van der Waals surface area contributed by atoms with Crippen LogP contribution in [0.25, 0.3) is 0 Å². The summed E-state index contributed by atoms with van der Waals surface area (Å²) < 4.78 is 0. The predicted octanol–water partition coefficient (Wildman–Crippen LogP) is 2.58. The Labute approximate surface area is 88.4 Å². The minimum Gasteiger partial charge on any atom is -0.360 e. The number of hydrogen-bond donors (Lipinski definition) is 1. The second-order valence-corrected chi connectivity index (χ2v) is 4.34. The van der Waals surface area contributed by atoms with E-state index in [-0.39, 0.29) is 0 Å². The highest BCUT2D eigenvalue weighted by atomic mass is 15.3. The summed E-state index contributed by atoms with van der Waals surface area (Å²) in [5.74, 6) is 0.690. The molecule has 0 amide bonds. The first-order valence-corrected chi connectivity index (χ1v) is 5.82. The third-order valence-corrected chi connectivity index (χ3v) is 3.34. The molecule has 0 aromatic carbocycles. The lowest BCUT2D eigenvalue weighted by Gasteiger charge is -2.40. The highest BCUT2D eigenvalue weighted by Crippen LogP contribution is 2.24. The first-order chi connectivity index (χ1) is 6.70. The van der Waals surface area contributed by atoms with Crippen molar-refractivity contribution in [3.05, 3.63) is 12.3 Å². The molecule has 2 heteroatoms. The summed E-state index contributed by atoms with van der Waals surface area (Å²) in [6.07, 6.45) is 5.50. The van der Waals surface area contributed by atoms with E-state index in [4.69, 9.17) is 0 Å². The normalized spacial score (nSPS) is 22.2. The Morgan fingerprint density at radius 3 is 2.71 bits per heavy atom. The molecule has 0 aromatic heterocycles. The zero-order valence-corrected chi connectivity index (χ0v) is 9.84. The molecule has 1 fully saturated rings. The number of likely N-dealkylation sites (tertiary alicyclic amines) is 1. The average molecular weight is 196 g/mol. The van der Waals surface area contributed by atoms with Gasteiger partial charge in [-0.2, -0.15) is 0 Å². The Morgan fingerprint density at radius 2 is 2.21 bits per heavy atom. The van der Waals surface area contributed by atoms with Crippen molar-refractivity contribution in [3.63, 3.8) is 0 Å². The van der Waals surface area contributed by atoms with Crippen molar-refractivity contribution < 1.29 is 0 Å². The van der Waals surface area contributed by atoms with Crippen molar-refractivity contribution in [2.75, 3.05) is 13.6 Å². The first-order valence-electron chi connectivity index (χ1n) is 5.82. The Balaban J connectivity index is 2.61. The van der Waals surface area contributed by atoms with Gasteiger partial charge in [0.15, 0.2) is 0 Å². The Kier molecular flexibility index (Phi) is 4.46. The van der Waals surface area contributed by atoms with E-state index in [1.54, 1.807) is 0 Å². The number of allylic oxidation sites excluding steroid dienone is 1. The molecule has 1 aliphatic heterocycles. The van der Waals surface area contributed by atoms with Crippen molar-refractivity contribution in [1.82, 2.24) is 10.2 Å². The summed E-state index contributed by atoms with van der Waals surface area (Å²) in [4.78, 5) is 2.46. The monoisotopic (exact) mass is 196 g/mol. The Bertz CT molecular complexity index is 189. The second-order valence-electron chi connectivity index (χ2n) is 4.34. The molecule has 0 aliphatic carbocycles. The summed E-state index contributed by atoms with van der Waals surface area (Å²) in [6, 6.07) is 0. The van der Waals surface area contributed by atoms with Gasteiger partial charge in [-0.1, -0.05) is 26.8 Å². The van der Waals surface area contributed by atoms with E-state index in [0.717, 1.165) is 0 Å². The van der Waals surface area contributed by atoms with E-state index in [1.807, 2.05) is 0 Å². The summed E-state index contributed by atoms with van der Waals surface area (Å²) in [5, 5.41) is 3.42. The van der Waals surface area contributed by atoms with Crippen LogP contribution in [0.3, 0.4) is 0 Å². The van der Waals surface area contributed by atoms with Gasteiger partial charge >= 0.3 is 0 Å². The van der Waals surface area contributed by atoms with Gasteiger partial charge in [0, 0.05) is 12.2 Å².